The summed E-state index contributed by atoms with van der Waals surface area (Å²) in [5, 5.41) is 12.3. The predicted molar refractivity (Wildman–Crippen MR) is 110 cm³/mol. The number of benzene rings is 1. The standard InChI is InChI=1S/C19H22N4O2S2/c1-13(2)14-6-8-15(9-7-14)20-18-21-22-19(27-18)26-12-17(24)23(3)11-16-5-4-10-25-16/h4-10,13H,11-12H2,1-3H3,(H,20,21). The average molecular weight is 403 g/mol. The van der Waals surface area contributed by atoms with E-state index in [9.17, 15) is 4.79 Å². The summed E-state index contributed by atoms with van der Waals surface area (Å²) in [5.74, 6) is 1.61. The molecule has 0 aliphatic rings. The lowest BCUT2D eigenvalue weighted by atomic mass is 10.0. The molecule has 0 bridgehead atoms. The molecule has 1 amide bonds. The van der Waals surface area contributed by atoms with Crippen molar-refractivity contribution in [1.82, 2.24) is 15.1 Å². The Morgan fingerprint density at radius 1 is 1.26 bits per heavy atom. The van der Waals surface area contributed by atoms with Gasteiger partial charge in [0, 0.05) is 12.7 Å². The molecular weight excluding hydrogens is 380 g/mol. The molecule has 0 fully saturated rings. The maximum Gasteiger partial charge on any atom is 0.233 e. The third-order valence-corrected chi connectivity index (χ3v) is 5.91. The highest BCUT2D eigenvalue weighted by atomic mass is 32.2. The maximum absolute atomic E-state index is 12.2. The van der Waals surface area contributed by atoms with Crippen LogP contribution in [0.3, 0.4) is 0 Å². The summed E-state index contributed by atoms with van der Waals surface area (Å²) in [6.07, 6.45) is 1.61. The number of nitrogens with zero attached hydrogens (tertiary/aromatic N) is 3. The molecule has 0 spiro atoms. The van der Waals surface area contributed by atoms with E-state index < -0.39 is 0 Å². The Morgan fingerprint density at radius 3 is 2.70 bits per heavy atom. The van der Waals surface area contributed by atoms with Gasteiger partial charge in [-0.05, 0) is 35.7 Å². The molecule has 6 nitrogen and oxygen atoms in total. The molecule has 0 unspecified atom stereocenters. The highest BCUT2D eigenvalue weighted by Crippen LogP contribution is 2.28. The number of thioether (sulfide) groups is 1. The van der Waals surface area contributed by atoms with Crippen molar-refractivity contribution in [2.45, 2.75) is 30.6 Å². The Hall–Kier alpha value is -2.32. The number of aromatic nitrogens is 2. The van der Waals surface area contributed by atoms with Crippen molar-refractivity contribution >= 4 is 39.8 Å². The molecule has 8 heteroatoms. The minimum Gasteiger partial charge on any atom is -0.467 e. The number of amides is 1. The lowest BCUT2D eigenvalue weighted by molar-refractivity contribution is -0.127. The number of nitrogens with one attached hydrogen (secondary N) is 1. The van der Waals surface area contributed by atoms with Crippen LogP contribution >= 0.6 is 23.1 Å². The van der Waals surface area contributed by atoms with Crippen molar-refractivity contribution in [3.63, 3.8) is 0 Å². The van der Waals surface area contributed by atoms with Gasteiger partial charge in [0.25, 0.3) is 0 Å². The average Bonchev–Trinajstić information content (AvgIpc) is 3.32. The SMILES string of the molecule is CC(C)c1ccc(Nc2nnc(SCC(=O)N(C)Cc3ccco3)s2)cc1. The van der Waals surface area contributed by atoms with Crippen LogP contribution in [0.2, 0.25) is 0 Å². The van der Waals surface area contributed by atoms with Gasteiger partial charge in [-0.25, -0.2) is 0 Å². The third kappa shape index (κ3) is 5.58. The van der Waals surface area contributed by atoms with Crippen molar-refractivity contribution in [3.8, 4) is 0 Å². The van der Waals surface area contributed by atoms with Crippen LogP contribution in [0.1, 0.15) is 31.1 Å². The lowest BCUT2D eigenvalue weighted by Crippen LogP contribution is -2.27. The molecule has 2 aromatic heterocycles. The first-order valence-electron chi connectivity index (χ1n) is 8.61. The number of carbonyl (C=O) groups excluding carboxylic acids is 1. The quantitative estimate of drug-likeness (QED) is 0.548. The molecule has 0 saturated carbocycles. The maximum atomic E-state index is 12.2. The fourth-order valence-corrected chi connectivity index (χ4v) is 4.06. The van der Waals surface area contributed by atoms with Crippen LogP contribution in [0.5, 0.6) is 0 Å². The molecule has 27 heavy (non-hydrogen) atoms. The van der Waals surface area contributed by atoms with Crippen LogP contribution in [-0.2, 0) is 11.3 Å². The number of anilines is 2. The predicted octanol–water partition coefficient (Wildman–Crippen LogP) is 4.75. The van der Waals surface area contributed by atoms with E-state index >= 15 is 0 Å². The first-order valence-corrected chi connectivity index (χ1v) is 10.4. The van der Waals surface area contributed by atoms with E-state index in [1.165, 1.54) is 28.7 Å². The van der Waals surface area contributed by atoms with Crippen molar-refractivity contribution in [2.75, 3.05) is 18.1 Å². The van der Waals surface area contributed by atoms with Crippen molar-refractivity contribution in [3.05, 3.63) is 54.0 Å². The molecular formula is C19H22N4O2S2. The number of carbonyl (C=O) groups is 1. The fraction of sp³-hybridized carbons (Fsp3) is 0.316. The zero-order valence-corrected chi connectivity index (χ0v) is 17.1. The third-order valence-electron chi connectivity index (χ3n) is 3.95. The van der Waals surface area contributed by atoms with Crippen LogP contribution in [0.15, 0.2) is 51.4 Å². The summed E-state index contributed by atoms with van der Waals surface area (Å²) < 4.78 is 6.03. The van der Waals surface area contributed by atoms with E-state index in [0.29, 0.717) is 23.3 Å². The minimum atomic E-state index is 0.0189. The van der Waals surface area contributed by atoms with Crippen LogP contribution < -0.4 is 5.32 Å². The van der Waals surface area contributed by atoms with Gasteiger partial charge in [-0.2, -0.15) is 0 Å². The monoisotopic (exact) mass is 402 g/mol. The Bertz CT molecular complexity index is 860. The van der Waals surface area contributed by atoms with Gasteiger partial charge in [0.15, 0.2) is 4.34 Å². The molecule has 0 aliphatic heterocycles. The molecule has 1 aromatic carbocycles. The summed E-state index contributed by atoms with van der Waals surface area (Å²) in [5.41, 5.74) is 2.27. The summed E-state index contributed by atoms with van der Waals surface area (Å²) >= 11 is 2.83. The fourth-order valence-electron chi connectivity index (χ4n) is 2.35. The van der Waals surface area contributed by atoms with Crippen molar-refractivity contribution in [1.29, 1.82) is 0 Å². The lowest BCUT2D eigenvalue weighted by Gasteiger charge is -2.14. The highest BCUT2D eigenvalue weighted by Gasteiger charge is 2.13. The largest absolute Gasteiger partial charge is 0.467 e. The van der Waals surface area contributed by atoms with E-state index in [0.717, 1.165) is 15.8 Å². The molecule has 0 radical (unpaired) electrons. The molecule has 142 valence electrons. The number of rotatable bonds is 8. The van der Waals surface area contributed by atoms with Crippen LogP contribution in [0, 0.1) is 0 Å². The van der Waals surface area contributed by atoms with Gasteiger partial charge in [-0.1, -0.05) is 49.1 Å². The minimum absolute atomic E-state index is 0.0189. The second kappa shape index (κ2) is 9.05. The molecule has 3 rings (SSSR count). The first-order chi connectivity index (χ1) is 13.0. The summed E-state index contributed by atoms with van der Waals surface area (Å²) in [4.78, 5) is 13.9. The van der Waals surface area contributed by atoms with Crippen LogP contribution in [-0.4, -0.2) is 33.8 Å². The van der Waals surface area contributed by atoms with Gasteiger partial charge >= 0.3 is 0 Å². The summed E-state index contributed by atoms with van der Waals surface area (Å²) in [6.45, 7) is 4.80. The topological polar surface area (TPSA) is 71.3 Å². The van der Waals surface area contributed by atoms with Gasteiger partial charge in [-0.3, -0.25) is 4.79 Å². The molecule has 0 aliphatic carbocycles. The molecule has 3 aromatic rings. The Balaban J connectivity index is 1.49. The molecule has 2 heterocycles. The van der Waals surface area contributed by atoms with E-state index in [2.05, 4.69) is 41.5 Å². The van der Waals surface area contributed by atoms with Gasteiger partial charge in [-0.15, -0.1) is 10.2 Å². The Morgan fingerprint density at radius 2 is 2.04 bits per heavy atom. The van der Waals surface area contributed by atoms with Crippen molar-refractivity contribution in [2.24, 2.45) is 0 Å². The van der Waals surface area contributed by atoms with E-state index in [1.54, 1.807) is 18.2 Å². The smallest absolute Gasteiger partial charge is 0.233 e. The molecule has 0 atom stereocenters. The van der Waals surface area contributed by atoms with E-state index in [1.807, 2.05) is 24.3 Å². The second-order valence-corrected chi connectivity index (χ2v) is 8.59. The summed E-state index contributed by atoms with van der Waals surface area (Å²) in [6, 6.07) is 12.0. The zero-order valence-electron chi connectivity index (χ0n) is 15.5. The van der Waals surface area contributed by atoms with E-state index in [4.69, 9.17) is 4.42 Å². The number of hydrogen-bond acceptors (Lipinski definition) is 7. The molecule has 1 N–H and O–H groups in total. The number of hydrogen-bond donors (Lipinski definition) is 1. The van der Waals surface area contributed by atoms with Gasteiger partial charge in [0.1, 0.15) is 5.76 Å². The second-order valence-electron chi connectivity index (χ2n) is 6.39. The molecule has 0 saturated heterocycles. The Labute approximate surface area is 167 Å². The normalized spacial score (nSPS) is 11.0. The van der Waals surface area contributed by atoms with Gasteiger partial charge in [0.2, 0.25) is 11.0 Å². The first kappa shape index (κ1) is 19.4. The highest BCUT2D eigenvalue weighted by molar-refractivity contribution is 8.01. The summed E-state index contributed by atoms with van der Waals surface area (Å²) in [7, 11) is 1.76. The number of furan rings is 1. The van der Waals surface area contributed by atoms with Crippen LogP contribution in [0.4, 0.5) is 10.8 Å². The van der Waals surface area contributed by atoms with E-state index in [-0.39, 0.29) is 5.91 Å². The van der Waals surface area contributed by atoms with Gasteiger partial charge in [0.05, 0.1) is 18.6 Å². The zero-order chi connectivity index (χ0) is 19.2. The van der Waals surface area contributed by atoms with Gasteiger partial charge < -0.3 is 14.6 Å². The Kier molecular flexibility index (Phi) is 6.52. The van der Waals surface area contributed by atoms with Crippen molar-refractivity contribution < 1.29 is 9.21 Å². The van der Waals surface area contributed by atoms with Crippen LogP contribution in [0.25, 0.3) is 0 Å².